The number of rotatable bonds is 5. The summed E-state index contributed by atoms with van der Waals surface area (Å²) in [7, 11) is 0. The van der Waals surface area contributed by atoms with Gasteiger partial charge in [-0.3, -0.25) is 10.1 Å². The quantitative estimate of drug-likeness (QED) is 0.646. The largest absolute Gasteiger partial charge is 0.379 e. The third-order valence-electron chi connectivity index (χ3n) is 2.93. The van der Waals surface area contributed by atoms with E-state index >= 15 is 0 Å². The van der Waals surface area contributed by atoms with Gasteiger partial charge in [0.1, 0.15) is 11.5 Å². The Morgan fingerprint density at radius 1 is 1.39 bits per heavy atom. The lowest BCUT2D eigenvalue weighted by atomic mass is 9.90. The number of anilines is 1. The molecule has 4 nitrogen and oxygen atoms in total. The van der Waals surface area contributed by atoms with Gasteiger partial charge in [-0.2, -0.15) is 4.39 Å². The summed E-state index contributed by atoms with van der Waals surface area (Å²) in [6, 6.07) is 1.45. The van der Waals surface area contributed by atoms with Crippen LogP contribution in [0.3, 0.4) is 0 Å². The van der Waals surface area contributed by atoms with Crippen molar-refractivity contribution in [3.8, 4) is 0 Å². The van der Waals surface area contributed by atoms with Crippen LogP contribution in [0.2, 0.25) is 0 Å². The molecular weight excluding hydrogens is 242 g/mol. The van der Waals surface area contributed by atoms with Gasteiger partial charge in [0.2, 0.25) is 5.82 Å². The van der Waals surface area contributed by atoms with E-state index in [1.165, 1.54) is 0 Å². The Kier molecular flexibility index (Phi) is 4.21. The molecule has 0 saturated heterocycles. The zero-order valence-corrected chi connectivity index (χ0v) is 10.6. The van der Waals surface area contributed by atoms with Crippen LogP contribution in [0.1, 0.15) is 27.2 Å². The molecule has 0 saturated carbocycles. The van der Waals surface area contributed by atoms with Crippen LogP contribution in [0.4, 0.5) is 20.2 Å². The molecule has 0 atom stereocenters. The summed E-state index contributed by atoms with van der Waals surface area (Å²) in [5.74, 6) is -2.01. The summed E-state index contributed by atoms with van der Waals surface area (Å²) < 4.78 is 26.4. The van der Waals surface area contributed by atoms with Crippen molar-refractivity contribution in [1.82, 2.24) is 0 Å². The van der Waals surface area contributed by atoms with E-state index in [9.17, 15) is 18.9 Å². The second-order valence-corrected chi connectivity index (χ2v) is 4.91. The molecule has 0 unspecified atom stereocenters. The molecule has 0 heterocycles. The first-order valence-corrected chi connectivity index (χ1v) is 5.64. The molecule has 100 valence electrons. The van der Waals surface area contributed by atoms with Gasteiger partial charge in [-0.05, 0) is 11.8 Å². The molecule has 1 rings (SSSR count). The van der Waals surface area contributed by atoms with Gasteiger partial charge in [-0.1, -0.05) is 20.8 Å². The Morgan fingerprint density at radius 3 is 2.50 bits per heavy atom. The van der Waals surface area contributed by atoms with Crippen molar-refractivity contribution in [1.29, 1.82) is 0 Å². The molecule has 6 heteroatoms. The zero-order valence-electron chi connectivity index (χ0n) is 10.6. The molecule has 1 aromatic rings. The van der Waals surface area contributed by atoms with Crippen molar-refractivity contribution in [3.05, 3.63) is 33.9 Å². The maximum absolute atomic E-state index is 13.3. The molecule has 0 aromatic heterocycles. The second-order valence-electron chi connectivity index (χ2n) is 4.91. The van der Waals surface area contributed by atoms with Crippen molar-refractivity contribution >= 4 is 11.4 Å². The third kappa shape index (κ3) is 3.38. The summed E-state index contributed by atoms with van der Waals surface area (Å²) in [5, 5.41) is 13.5. The monoisotopic (exact) mass is 258 g/mol. The van der Waals surface area contributed by atoms with Crippen molar-refractivity contribution in [3.63, 3.8) is 0 Å². The number of hydrogen-bond donors (Lipinski definition) is 1. The normalized spacial score (nSPS) is 11.4. The first kappa shape index (κ1) is 14.3. The van der Waals surface area contributed by atoms with Crippen LogP contribution in [0, 0.1) is 27.2 Å². The fourth-order valence-electron chi connectivity index (χ4n) is 1.35. The molecule has 0 aliphatic heterocycles. The minimum absolute atomic E-state index is 0.114. The van der Waals surface area contributed by atoms with E-state index in [0.717, 1.165) is 12.5 Å². The van der Waals surface area contributed by atoms with E-state index in [-0.39, 0.29) is 11.1 Å². The summed E-state index contributed by atoms with van der Waals surface area (Å²) in [5.41, 5.74) is -0.959. The van der Waals surface area contributed by atoms with Crippen LogP contribution < -0.4 is 5.32 Å². The molecule has 0 radical (unpaired) electrons. The van der Waals surface area contributed by atoms with Crippen LogP contribution in [-0.4, -0.2) is 11.5 Å². The topological polar surface area (TPSA) is 55.2 Å². The maximum Gasteiger partial charge on any atom is 0.327 e. The van der Waals surface area contributed by atoms with Crippen molar-refractivity contribution in [2.45, 2.75) is 27.2 Å². The molecule has 0 spiro atoms. The van der Waals surface area contributed by atoms with E-state index in [2.05, 4.69) is 5.32 Å². The molecule has 0 amide bonds. The SMILES string of the molecule is CCC(C)(C)CNc1cc(F)cc(F)c1[N+](=O)[O-]. The molecule has 0 bridgehead atoms. The highest BCUT2D eigenvalue weighted by Gasteiger charge is 2.23. The molecule has 18 heavy (non-hydrogen) atoms. The Hall–Kier alpha value is -1.72. The van der Waals surface area contributed by atoms with Gasteiger partial charge in [0.15, 0.2) is 0 Å². The van der Waals surface area contributed by atoms with Crippen LogP contribution in [0.15, 0.2) is 12.1 Å². The number of nitrogens with zero attached hydrogens (tertiary/aromatic N) is 1. The number of benzene rings is 1. The minimum Gasteiger partial charge on any atom is -0.379 e. The van der Waals surface area contributed by atoms with Gasteiger partial charge in [-0.25, -0.2) is 4.39 Å². The number of nitrogens with one attached hydrogen (secondary N) is 1. The lowest BCUT2D eigenvalue weighted by Crippen LogP contribution is -2.22. The standard InChI is InChI=1S/C12H16F2N2O2/c1-4-12(2,3)7-15-10-6-8(13)5-9(14)11(10)16(17)18/h5-6,15H,4,7H2,1-3H3. The Morgan fingerprint density at radius 2 is 2.00 bits per heavy atom. The van der Waals surface area contributed by atoms with Gasteiger partial charge < -0.3 is 5.32 Å². The van der Waals surface area contributed by atoms with E-state index in [1.807, 2.05) is 20.8 Å². The van der Waals surface area contributed by atoms with Gasteiger partial charge in [0.05, 0.1) is 4.92 Å². The van der Waals surface area contributed by atoms with E-state index < -0.39 is 22.2 Å². The third-order valence-corrected chi connectivity index (χ3v) is 2.93. The fourth-order valence-corrected chi connectivity index (χ4v) is 1.35. The predicted octanol–water partition coefficient (Wildman–Crippen LogP) is 3.72. The summed E-state index contributed by atoms with van der Waals surface area (Å²) in [6.07, 6.45) is 0.839. The summed E-state index contributed by atoms with van der Waals surface area (Å²) in [6.45, 7) is 6.29. The highest BCUT2D eigenvalue weighted by Crippen LogP contribution is 2.30. The Bertz CT molecular complexity index is 462. The molecule has 1 N–H and O–H groups in total. The summed E-state index contributed by atoms with van der Waals surface area (Å²) >= 11 is 0. The number of hydrogen-bond acceptors (Lipinski definition) is 3. The van der Waals surface area contributed by atoms with E-state index in [1.54, 1.807) is 0 Å². The van der Waals surface area contributed by atoms with Crippen molar-refractivity contribution in [2.75, 3.05) is 11.9 Å². The van der Waals surface area contributed by atoms with Gasteiger partial charge in [0, 0.05) is 18.7 Å². The first-order valence-electron chi connectivity index (χ1n) is 5.64. The van der Waals surface area contributed by atoms with Crippen molar-refractivity contribution < 1.29 is 13.7 Å². The lowest BCUT2D eigenvalue weighted by Gasteiger charge is -2.23. The van der Waals surface area contributed by atoms with Crippen molar-refractivity contribution in [2.24, 2.45) is 5.41 Å². The second kappa shape index (κ2) is 5.29. The predicted molar refractivity (Wildman–Crippen MR) is 65.6 cm³/mol. The number of halogens is 2. The molecule has 0 aliphatic rings. The lowest BCUT2D eigenvalue weighted by molar-refractivity contribution is -0.386. The Balaban J connectivity index is 3.04. The molecule has 1 aromatic carbocycles. The molecule has 0 aliphatic carbocycles. The highest BCUT2D eigenvalue weighted by atomic mass is 19.1. The minimum atomic E-state index is -1.17. The van der Waals surface area contributed by atoms with Gasteiger partial charge in [0.25, 0.3) is 0 Å². The zero-order chi connectivity index (χ0) is 13.9. The maximum atomic E-state index is 13.3. The molecule has 0 fully saturated rings. The number of nitro benzene ring substituents is 1. The van der Waals surface area contributed by atoms with Crippen LogP contribution in [-0.2, 0) is 0 Å². The highest BCUT2D eigenvalue weighted by molar-refractivity contribution is 5.62. The first-order chi connectivity index (χ1) is 8.26. The fraction of sp³-hybridized carbons (Fsp3) is 0.500. The molecular formula is C12H16F2N2O2. The van der Waals surface area contributed by atoms with E-state index in [0.29, 0.717) is 12.6 Å². The summed E-state index contributed by atoms with van der Waals surface area (Å²) in [4.78, 5) is 9.90. The Labute approximate surface area is 104 Å². The van der Waals surface area contributed by atoms with Gasteiger partial charge in [-0.15, -0.1) is 0 Å². The average Bonchev–Trinajstić information content (AvgIpc) is 2.25. The van der Waals surface area contributed by atoms with Crippen LogP contribution in [0.5, 0.6) is 0 Å². The van der Waals surface area contributed by atoms with Gasteiger partial charge >= 0.3 is 5.69 Å². The smallest absolute Gasteiger partial charge is 0.327 e. The van der Waals surface area contributed by atoms with Crippen LogP contribution >= 0.6 is 0 Å². The number of nitro groups is 1. The van der Waals surface area contributed by atoms with Crippen LogP contribution in [0.25, 0.3) is 0 Å². The average molecular weight is 258 g/mol. The van der Waals surface area contributed by atoms with E-state index in [4.69, 9.17) is 0 Å².